The van der Waals surface area contributed by atoms with Crippen molar-refractivity contribution >= 4 is 5.97 Å². The van der Waals surface area contributed by atoms with E-state index in [0.717, 1.165) is 19.5 Å². The summed E-state index contributed by atoms with van der Waals surface area (Å²) in [6.45, 7) is 5.21. The Kier molecular flexibility index (Phi) is 3.70. The number of hydrogen-bond acceptors (Lipinski definition) is 3. The van der Waals surface area contributed by atoms with Crippen LogP contribution >= 0.6 is 0 Å². The minimum atomic E-state index is -0.716. The maximum Gasteiger partial charge on any atom is 0.309 e. The first kappa shape index (κ1) is 12.0. The molecule has 1 aliphatic heterocycles. The quantitative estimate of drug-likeness (QED) is 0.766. The zero-order chi connectivity index (χ0) is 11.5. The van der Waals surface area contributed by atoms with E-state index in [0.29, 0.717) is 12.8 Å². The Morgan fingerprint density at radius 3 is 2.47 bits per heavy atom. The second kappa shape index (κ2) is 4.63. The normalized spacial score (nSPS) is 23.0. The van der Waals surface area contributed by atoms with Gasteiger partial charge in [0.05, 0.1) is 17.5 Å². The molecule has 1 aliphatic rings. The van der Waals surface area contributed by atoms with Crippen molar-refractivity contribution in [3.8, 4) is 6.07 Å². The van der Waals surface area contributed by atoms with Crippen molar-refractivity contribution in [3.63, 3.8) is 0 Å². The Morgan fingerprint density at radius 1 is 1.60 bits per heavy atom. The highest BCUT2D eigenvalue weighted by Crippen LogP contribution is 2.31. The van der Waals surface area contributed by atoms with Gasteiger partial charge in [0.25, 0.3) is 0 Å². The fourth-order valence-corrected chi connectivity index (χ4v) is 1.97. The summed E-state index contributed by atoms with van der Waals surface area (Å²) in [5.74, 6) is -0.716. The third kappa shape index (κ3) is 2.48. The lowest BCUT2D eigenvalue weighted by Gasteiger charge is -2.38. The van der Waals surface area contributed by atoms with Gasteiger partial charge in [-0.05, 0) is 26.2 Å². The molecule has 0 aliphatic carbocycles. The first-order valence-electron chi connectivity index (χ1n) is 5.40. The Balaban J connectivity index is 2.56. The van der Waals surface area contributed by atoms with E-state index in [1.807, 2.05) is 6.92 Å². The molecule has 1 saturated heterocycles. The summed E-state index contributed by atoms with van der Waals surface area (Å²) in [6.07, 6.45) is 2.08. The SMILES string of the molecule is CCC(C#N)N1CCC(C)(C(=O)O)CC1. The second-order valence-corrected chi connectivity index (χ2v) is 4.45. The minimum Gasteiger partial charge on any atom is -0.481 e. The predicted octanol–water partition coefficient (Wildman–Crippen LogP) is 1.48. The van der Waals surface area contributed by atoms with Crippen LogP contribution in [-0.2, 0) is 4.79 Å². The lowest BCUT2D eigenvalue weighted by Crippen LogP contribution is -2.46. The maximum atomic E-state index is 11.0. The molecule has 0 amide bonds. The molecule has 1 rings (SSSR count). The Hall–Kier alpha value is -1.08. The van der Waals surface area contributed by atoms with Crippen LogP contribution in [-0.4, -0.2) is 35.1 Å². The second-order valence-electron chi connectivity index (χ2n) is 4.45. The third-order valence-electron chi connectivity index (χ3n) is 3.39. The van der Waals surface area contributed by atoms with Crippen molar-refractivity contribution in [1.82, 2.24) is 4.90 Å². The average molecular weight is 210 g/mol. The Labute approximate surface area is 90.5 Å². The Morgan fingerprint density at radius 2 is 2.13 bits per heavy atom. The first-order valence-corrected chi connectivity index (χ1v) is 5.40. The van der Waals surface area contributed by atoms with Crippen LogP contribution in [0, 0.1) is 16.7 Å². The fraction of sp³-hybridized carbons (Fsp3) is 0.818. The summed E-state index contributed by atoms with van der Waals surface area (Å²) >= 11 is 0. The van der Waals surface area contributed by atoms with E-state index < -0.39 is 11.4 Å². The number of likely N-dealkylation sites (tertiary alicyclic amines) is 1. The zero-order valence-corrected chi connectivity index (χ0v) is 9.36. The van der Waals surface area contributed by atoms with Gasteiger partial charge in [-0.3, -0.25) is 9.69 Å². The van der Waals surface area contributed by atoms with Crippen LogP contribution in [0.4, 0.5) is 0 Å². The average Bonchev–Trinajstić information content (AvgIpc) is 2.22. The Bertz CT molecular complexity index is 275. The number of hydrogen-bond donors (Lipinski definition) is 1. The summed E-state index contributed by atoms with van der Waals surface area (Å²) in [7, 11) is 0. The molecule has 0 radical (unpaired) electrons. The van der Waals surface area contributed by atoms with Gasteiger partial charge in [0, 0.05) is 13.1 Å². The van der Waals surface area contributed by atoms with Crippen LogP contribution < -0.4 is 0 Å². The predicted molar refractivity (Wildman–Crippen MR) is 56.2 cm³/mol. The molecular weight excluding hydrogens is 192 g/mol. The fourth-order valence-electron chi connectivity index (χ4n) is 1.97. The van der Waals surface area contributed by atoms with Crippen LogP contribution in [0.2, 0.25) is 0 Å². The van der Waals surface area contributed by atoms with Crippen LogP contribution in [0.1, 0.15) is 33.1 Å². The molecule has 0 aromatic carbocycles. The lowest BCUT2D eigenvalue weighted by molar-refractivity contribution is -0.150. The van der Waals surface area contributed by atoms with Gasteiger partial charge in [-0.25, -0.2) is 0 Å². The smallest absolute Gasteiger partial charge is 0.309 e. The molecule has 1 heterocycles. The largest absolute Gasteiger partial charge is 0.481 e. The van der Waals surface area contributed by atoms with Crippen LogP contribution in [0.15, 0.2) is 0 Å². The number of piperidine rings is 1. The molecule has 0 aromatic heterocycles. The van der Waals surface area contributed by atoms with Gasteiger partial charge >= 0.3 is 5.97 Å². The van der Waals surface area contributed by atoms with Crippen molar-refractivity contribution in [1.29, 1.82) is 5.26 Å². The van der Waals surface area contributed by atoms with E-state index in [4.69, 9.17) is 10.4 Å². The van der Waals surface area contributed by atoms with E-state index >= 15 is 0 Å². The molecule has 0 bridgehead atoms. The molecule has 15 heavy (non-hydrogen) atoms. The standard InChI is InChI=1S/C11H18N2O2/c1-3-9(8-12)13-6-4-11(2,5-7-13)10(14)15/h9H,3-7H2,1-2H3,(H,14,15). The minimum absolute atomic E-state index is 0.0525. The molecule has 1 fully saturated rings. The molecule has 1 N–H and O–H groups in total. The van der Waals surface area contributed by atoms with Crippen molar-refractivity contribution in [2.24, 2.45) is 5.41 Å². The lowest BCUT2D eigenvalue weighted by atomic mass is 9.80. The summed E-state index contributed by atoms with van der Waals surface area (Å²) in [5.41, 5.74) is -0.593. The van der Waals surface area contributed by atoms with Crippen LogP contribution in [0.3, 0.4) is 0 Å². The molecule has 4 nitrogen and oxygen atoms in total. The number of carboxylic acid groups (broad SMARTS) is 1. The molecule has 4 heteroatoms. The number of nitriles is 1. The van der Waals surface area contributed by atoms with E-state index in [9.17, 15) is 4.79 Å². The van der Waals surface area contributed by atoms with Gasteiger partial charge in [-0.15, -0.1) is 0 Å². The molecule has 0 aromatic rings. The summed E-state index contributed by atoms with van der Waals surface area (Å²) < 4.78 is 0. The number of rotatable bonds is 3. The number of carbonyl (C=O) groups is 1. The zero-order valence-electron chi connectivity index (χ0n) is 9.36. The first-order chi connectivity index (χ1) is 7.03. The summed E-state index contributed by atoms with van der Waals surface area (Å²) in [5, 5.41) is 18.0. The van der Waals surface area contributed by atoms with Gasteiger partial charge in [0.1, 0.15) is 0 Å². The van der Waals surface area contributed by atoms with Crippen LogP contribution in [0.5, 0.6) is 0 Å². The van der Waals surface area contributed by atoms with Gasteiger partial charge in [-0.2, -0.15) is 5.26 Å². The molecular formula is C11H18N2O2. The molecule has 1 atom stereocenters. The summed E-state index contributed by atoms with van der Waals surface area (Å²) in [6, 6.07) is 2.20. The van der Waals surface area contributed by atoms with E-state index in [1.54, 1.807) is 6.92 Å². The highest BCUT2D eigenvalue weighted by atomic mass is 16.4. The van der Waals surface area contributed by atoms with Gasteiger partial charge in [0.2, 0.25) is 0 Å². The highest BCUT2D eigenvalue weighted by molar-refractivity contribution is 5.74. The monoisotopic (exact) mass is 210 g/mol. The number of nitrogens with zero attached hydrogens (tertiary/aromatic N) is 2. The number of carboxylic acids is 1. The van der Waals surface area contributed by atoms with Gasteiger partial charge < -0.3 is 5.11 Å². The van der Waals surface area contributed by atoms with Gasteiger partial charge in [0.15, 0.2) is 0 Å². The van der Waals surface area contributed by atoms with Crippen molar-refractivity contribution < 1.29 is 9.90 Å². The van der Waals surface area contributed by atoms with Crippen molar-refractivity contribution in [2.45, 2.75) is 39.2 Å². The van der Waals surface area contributed by atoms with Crippen molar-refractivity contribution in [2.75, 3.05) is 13.1 Å². The van der Waals surface area contributed by atoms with Crippen LogP contribution in [0.25, 0.3) is 0 Å². The van der Waals surface area contributed by atoms with E-state index in [2.05, 4.69) is 11.0 Å². The molecule has 1 unspecified atom stereocenters. The molecule has 0 saturated carbocycles. The summed E-state index contributed by atoms with van der Waals surface area (Å²) in [4.78, 5) is 13.1. The maximum absolute atomic E-state index is 11.0. The number of aliphatic carboxylic acids is 1. The molecule has 84 valence electrons. The van der Waals surface area contributed by atoms with Crippen molar-refractivity contribution in [3.05, 3.63) is 0 Å². The molecule has 0 spiro atoms. The van der Waals surface area contributed by atoms with Gasteiger partial charge in [-0.1, -0.05) is 6.92 Å². The van der Waals surface area contributed by atoms with E-state index in [1.165, 1.54) is 0 Å². The topological polar surface area (TPSA) is 64.3 Å². The third-order valence-corrected chi connectivity index (χ3v) is 3.39. The highest BCUT2D eigenvalue weighted by Gasteiger charge is 2.38. The van der Waals surface area contributed by atoms with E-state index in [-0.39, 0.29) is 6.04 Å².